The highest BCUT2D eigenvalue weighted by Crippen LogP contribution is 2.32. The van der Waals surface area contributed by atoms with Crippen molar-refractivity contribution >= 4 is 46.1 Å². The van der Waals surface area contributed by atoms with E-state index >= 15 is 0 Å². The Morgan fingerprint density at radius 3 is 2.49 bits per heavy atom. The summed E-state index contributed by atoms with van der Waals surface area (Å²) in [6.07, 6.45) is 8.31. The Morgan fingerprint density at radius 2 is 1.77 bits per heavy atom. The van der Waals surface area contributed by atoms with Crippen LogP contribution in [0, 0.1) is 0 Å². The molecule has 0 unspecified atom stereocenters. The zero-order valence-corrected chi connectivity index (χ0v) is 25.2. The quantitative estimate of drug-likeness (QED) is 0.175. The van der Waals surface area contributed by atoms with Gasteiger partial charge in [-0.1, -0.05) is 66.3 Å². The van der Waals surface area contributed by atoms with Crippen LogP contribution in [-0.2, 0) is 0 Å². The summed E-state index contributed by atoms with van der Waals surface area (Å²) >= 11 is 7.85. The van der Waals surface area contributed by atoms with Crippen molar-refractivity contribution in [3.05, 3.63) is 116 Å². The fourth-order valence-corrected chi connectivity index (χ4v) is 5.62. The van der Waals surface area contributed by atoms with E-state index < -0.39 is 0 Å². The zero-order chi connectivity index (χ0) is 29.8. The van der Waals surface area contributed by atoms with Gasteiger partial charge in [0.25, 0.3) is 5.56 Å². The van der Waals surface area contributed by atoms with Crippen LogP contribution in [0.1, 0.15) is 37.2 Å². The van der Waals surface area contributed by atoms with E-state index in [2.05, 4.69) is 10.1 Å². The van der Waals surface area contributed by atoms with Crippen LogP contribution in [0.25, 0.3) is 40.1 Å². The van der Waals surface area contributed by atoms with Crippen LogP contribution in [0.2, 0.25) is 5.02 Å². The van der Waals surface area contributed by atoms with Gasteiger partial charge in [-0.25, -0.2) is 4.68 Å². The van der Waals surface area contributed by atoms with Gasteiger partial charge in [0.15, 0.2) is 5.82 Å². The molecule has 216 valence electrons. The molecule has 0 saturated heterocycles. The van der Waals surface area contributed by atoms with Gasteiger partial charge in [-0.05, 0) is 73.5 Å². The number of hydrogen-bond acceptors (Lipinski definition) is 7. The summed E-state index contributed by atoms with van der Waals surface area (Å²) in [5, 5.41) is 9.80. The summed E-state index contributed by atoms with van der Waals surface area (Å²) in [5.74, 6) is 1.90. The molecular formula is C33H28ClN5O3S. The number of thiazole rings is 1. The zero-order valence-electron chi connectivity index (χ0n) is 23.6. The lowest BCUT2D eigenvalue weighted by Gasteiger charge is -2.08. The maximum Gasteiger partial charge on any atom is 0.291 e. The second-order valence-corrected chi connectivity index (χ2v) is 11.0. The van der Waals surface area contributed by atoms with Gasteiger partial charge in [-0.3, -0.25) is 4.79 Å². The van der Waals surface area contributed by atoms with Gasteiger partial charge in [0.05, 0.1) is 28.5 Å². The second kappa shape index (κ2) is 12.6. The molecule has 3 aromatic heterocycles. The molecular weight excluding hydrogens is 582 g/mol. The Kier molecular flexibility index (Phi) is 8.35. The molecule has 0 aliphatic heterocycles. The lowest BCUT2D eigenvalue weighted by Crippen LogP contribution is -2.23. The smallest absolute Gasteiger partial charge is 0.291 e. The number of aromatic nitrogens is 5. The largest absolute Gasteiger partial charge is 0.494 e. The average Bonchev–Trinajstić information content (AvgIpc) is 3.71. The van der Waals surface area contributed by atoms with Crippen LogP contribution in [0.4, 0.5) is 0 Å². The first-order valence-electron chi connectivity index (χ1n) is 13.9. The fourth-order valence-electron chi connectivity index (χ4n) is 4.48. The van der Waals surface area contributed by atoms with Crippen LogP contribution in [0.5, 0.6) is 11.5 Å². The minimum Gasteiger partial charge on any atom is -0.494 e. The molecule has 8 nitrogen and oxygen atoms in total. The molecule has 0 bridgehead atoms. The van der Waals surface area contributed by atoms with Crippen molar-refractivity contribution in [2.45, 2.75) is 20.3 Å². The van der Waals surface area contributed by atoms with Crippen molar-refractivity contribution in [1.82, 2.24) is 24.4 Å². The van der Waals surface area contributed by atoms with E-state index in [1.807, 2.05) is 105 Å². The van der Waals surface area contributed by atoms with Crippen LogP contribution in [0.3, 0.4) is 0 Å². The number of halogens is 1. The summed E-state index contributed by atoms with van der Waals surface area (Å²) in [6, 6.07) is 23.2. The third-order valence-corrected chi connectivity index (χ3v) is 7.79. The van der Waals surface area contributed by atoms with Gasteiger partial charge in [0.2, 0.25) is 4.96 Å². The molecule has 0 fully saturated rings. The summed E-state index contributed by atoms with van der Waals surface area (Å²) < 4.78 is 14.9. The average molecular weight is 610 g/mol. The lowest BCUT2D eigenvalue weighted by molar-refractivity contribution is 0.317. The van der Waals surface area contributed by atoms with Gasteiger partial charge in [-0.2, -0.15) is 14.6 Å². The molecule has 6 aromatic rings. The van der Waals surface area contributed by atoms with E-state index in [4.69, 9.17) is 26.2 Å². The molecule has 0 aliphatic carbocycles. The molecule has 43 heavy (non-hydrogen) atoms. The van der Waals surface area contributed by atoms with Crippen LogP contribution >= 0.6 is 22.9 Å². The molecule has 6 rings (SSSR count). The van der Waals surface area contributed by atoms with Crippen LogP contribution in [0.15, 0.2) is 83.8 Å². The van der Waals surface area contributed by atoms with Gasteiger partial charge in [-0.15, -0.1) is 5.10 Å². The van der Waals surface area contributed by atoms with Crippen molar-refractivity contribution in [3.8, 4) is 28.4 Å². The summed E-state index contributed by atoms with van der Waals surface area (Å²) in [7, 11) is 0. The molecule has 0 amide bonds. The highest BCUT2D eigenvalue weighted by molar-refractivity contribution is 7.15. The number of benzene rings is 3. The molecule has 0 radical (unpaired) electrons. The van der Waals surface area contributed by atoms with E-state index in [-0.39, 0.29) is 5.56 Å². The molecule has 0 saturated carbocycles. The van der Waals surface area contributed by atoms with Gasteiger partial charge in [0, 0.05) is 17.3 Å². The maximum absolute atomic E-state index is 13.4. The first-order chi connectivity index (χ1) is 21.0. The predicted molar refractivity (Wildman–Crippen MR) is 172 cm³/mol. The van der Waals surface area contributed by atoms with Gasteiger partial charge >= 0.3 is 0 Å². The number of para-hydroxylation sites is 1. The number of hydrogen-bond donors (Lipinski definition) is 0. The predicted octanol–water partition coefficient (Wildman–Crippen LogP) is 6.56. The molecule has 0 N–H and O–H groups in total. The number of fused-ring (bicyclic) bond motifs is 1. The third-order valence-electron chi connectivity index (χ3n) is 6.53. The van der Waals surface area contributed by atoms with Crippen molar-refractivity contribution in [2.24, 2.45) is 0 Å². The maximum atomic E-state index is 13.4. The fraction of sp³-hybridized carbons (Fsp3) is 0.152. The Hall–Kier alpha value is -4.73. The highest BCUT2D eigenvalue weighted by atomic mass is 35.5. The number of nitrogens with zero attached hydrogens (tertiary/aromatic N) is 5. The molecule has 10 heteroatoms. The molecule has 0 spiro atoms. The van der Waals surface area contributed by atoms with Crippen LogP contribution < -0.4 is 19.6 Å². The first-order valence-corrected chi connectivity index (χ1v) is 15.1. The van der Waals surface area contributed by atoms with E-state index in [0.717, 1.165) is 34.5 Å². The Labute approximate surface area is 257 Å². The summed E-state index contributed by atoms with van der Waals surface area (Å²) in [4.78, 5) is 18.5. The number of ether oxygens (including phenoxy) is 2. The molecule has 0 aliphatic rings. The summed E-state index contributed by atoms with van der Waals surface area (Å²) in [5.41, 5.74) is 3.89. The van der Waals surface area contributed by atoms with Crippen molar-refractivity contribution < 1.29 is 9.47 Å². The third kappa shape index (κ3) is 6.23. The highest BCUT2D eigenvalue weighted by Gasteiger charge is 2.15. The summed E-state index contributed by atoms with van der Waals surface area (Å²) in [6.45, 7) is 5.20. The standard InChI is InChI=1S/C33H28ClN5O3S/c1-3-18-42-28-16-13-23(19-27(28)34)31-24(21-38(37-31)25-8-6-5-7-9-25)20-29-32(40)39-33(43-29)35-30(36-39)17-12-22-10-14-26(15-11-22)41-4-2/h5-17,19-21H,3-4,18H2,1-2H3/b17-12+,29-20-. The van der Waals surface area contributed by atoms with E-state index in [1.165, 1.54) is 15.9 Å². The van der Waals surface area contributed by atoms with Crippen molar-refractivity contribution in [2.75, 3.05) is 13.2 Å². The minimum absolute atomic E-state index is 0.243. The Balaban J connectivity index is 1.35. The molecule has 3 aromatic carbocycles. The SMILES string of the molecule is CCCOc1ccc(-c2nn(-c3ccccc3)cc2/C=c2\sc3nc(/C=C/c4ccc(OCC)cc4)nn3c2=O)cc1Cl. The van der Waals surface area contributed by atoms with Crippen molar-refractivity contribution in [1.29, 1.82) is 0 Å². The first kappa shape index (κ1) is 28.4. The van der Waals surface area contributed by atoms with E-state index in [1.54, 1.807) is 10.8 Å². The second-order valence-electron chi connectivity index (χ2n) is 9.62. The molecule has 3 heterocycles. The monoisotopic (exact) mass is 609 g/mol. The normalized spacial score (nSPS) is 12.0. The van der Waals surface area contributed by atoms with E-state index in [0.29, 0.717) is 45.0 Å². The molecule has 0 atom stereocenters. The Morgan fingerprint density at radius 1 is 0.953 bits per heavy atom. The number of rotatable bonds is 10. The van der Waals surface area contributed by atoms with Crippen molar-refractivity contribution in [3.63, 3.8) is 0 Å². The minimum atomic E-state index is -0.243. The van der Waals surface area contributed by atoms with E-state index in [9.17, 15) is 4.79 Å². The van der Waals surface area contributed by atoms with Gasteiger partial charge in [0.1, 0.15) is 17.2 Å². The van der Waals surface area contributed by atoms with Gasteiger partial charge < -0.3 is 9.47 Å². The van der Waals surface area contributed by atoms with Crippen LogP contribution in [-0.4, -0.2) is 37.6 Å². The topological polar surface area (TPSA) is 83.5 Å². The lowest BCUT2D eigenvalue weighted by atomic mass is 10.1. The Bertz CT molecular complexity index is 2010.